The van der Waals surface area contributed by atoms with Gasteiger partial charge in [-0.25, -0.2) is 0 Å². The van der Waals surface area contributed by atoms with Crippen LogP contribution in [0.4, 0.5) is 0 Å². The predicted octanol–water partition coefficient (Wildman–Crippen LogP) is 3.60. The van der Waals surface area contributed by atoms with Crippen LogP contribution in [-0.4, -0.2) is 18.2 Å². The minimum atomic E-state index is 0.318. The van der Waals surface area contributed by atoms with Gasteiger partial charge in [-0.05, 0) is 30.9 Å². The first-order valence-electron chi connectivity index (χ1n) is 5.10. The van der Waals surface area contributed by atoms with Gasteiger partial charge in [0.1, 0.15) is 0 Å². The van der Waals surface area contributed by atoms with E-state index < -0.39 is 0 Å². The minimum absolute atomic E-state index is 0.318. The Morgan fingerprint density at radius 3 is 2.73 bits per heavy atom. The van der Waals surface area contributed by atoms with Gasteiger partial charge in [0.05, 0.1) is 15.5 Å². The van der Waals surface area contributed by atoms with Gasteiger partial charge in [0.25, 0.3) is 0 Å². The second kappa shape index (κ2) is 5.28. The summed E-state index contributed by atoms with van der Waals surface area (Å²) in [5.41, 5.74) is 1.06. The molecule has 4 heteroatoms. The summed E-state index contributed by atoms with van der Waals surface area (Å²) in [7, 11) is 0. The molecule has 0 amide bonds. The first-order chi connectivity index (χ1) is 7.27. The summed E-state index contributed by atoms with van der Waals surface area (Å²) in [6.07, 6.45) is 3.89. The Bertz CT molecular complexity index is 311. The van der Waals surface area contributed by atoms with Crippen molar-refractivity contribution in [3.05, 3.63) is 29.0 Å². The Kier molecular flexibility index (Phi) is 4.00. The molecule has 1 saturated heterocycles. The van der Waals surface area contributed by atoms with Crippen LogP contribution in [0, 0.1) is 5.92 Å². The summed E-state index contributed by atoms with van der Waals surface area (Å²) in [6, 6.07) is 3.87. The van der Waals surface area contributed by atoms with E-state index in [0.29, 0.717) is 15.8 Å². The van der Waals surface area contributed by atoms with Crippen molar-refractivity contribution in [2.45, 2.75) is 17.7 Å². The molecule has 1 aliphatic rings. The summed E-state index contributed by atoms with van der Waals surface area (Å²) in [4.78, 5) is 4.65. The van der Waals surface area contributed by atoms with Crippen LogP contribution in [0.15, 0.2) is 18.3 Å². The van der Waals surface area contributed by atoms with Crippen molar-refractivity contribution in [3.63, 3.8) is 0 Å². The molecule has 0 aliphatic carbocycles. The van der Waals surface area contributed by atoms with Crippen LogP contribution in [0.3, 0.4) is 0 Å². The molecule has 15 heavy (non-hydrogen) atoms. The average molecular weight is 291 g/mol. The largest absolute Gasteiger partial charge is 0.381 e. The lowest BCUT2D eigenvalue weighted by atomic mass is 9.94. The fourth-order valence-corrected chi connectivity index (χ4v) is 2.71. The van der Waals surface area contributed by atoms with E-state index in [2.05, 4.69) is 20.9 Å². The van der Waals surface area contributed by atoms with Crippen molar-refractivity contribution in [1.82, 2.24) is 4.98 Å². The van der Waals surface area contributed by atoms with Crippen molar-refractivity contribution in [3.8, 4) is 0 Å². The van der Waals surface area contributed by atoms with Crippen LogP contribution >= 0.6 is 27.5 Å². The zero-order chi connectivity index (χ0) is 10.7. The van der Waals surface area contributed by atoms with Gasteiger partial charge in [-0.15, -0.1) is 0 Å². The van der Waals surface area contributed by atoms with Gasteiger partial charge in [-0.1, -0.05) is 27.5 Å². The van der Waals surface area contributed by atoms with Crippen molar-refractivity contribution >= 4 is 27.5 Å². The first-order valence-corrected chi connectivity index (χ1v) is 6.40. The molecule has 0 radical (unpaired) electrons. The third-order valence-corrected chi connectivity index (χ3v) is 4.15. The van der Waals surface area contributed by atoms with E-state index in [1.54, 1.807) is 6.20 Å². The fourth-order valence-electron chi connectivity index (χ4n) is 1.80. The quantitative estimate of drug-likeness (QED) is 0.777. The van der Waals surface area contributed by atoms with Crippen LogP contribution in [0.25, 0.3) is 0 Å². The van der Waals surface area contributed by atoms with Crippen LogP contribution in [-0.2, 0) is 4.74 Å². The van der Waals surface area contributed by atoms with Crippen LogP contribution in [0.2, 0.25) is 5.02 Å². The molecule has 1 fully saturated rings. The Labute approximate surface area is 103 Å². The van der Waals surface area contributed by atoms with E-state index in [1.165, 1.54) is 0 Å². The first kappa shape index (κ1) is 11.4. The zero-order valence-electron chi connectivity index (χ0n) is 8.33. The number of alkyl halides is 1. The maximum absolute atomic E-state index is 5.80. The Balaban J connectivity index is 2.05. The molecule has 1 aromatic rings. The van der Waals surface area contributed by atoms with Gasteiger partial charge < -0.3 is 4.74 Å². The van der Waals surface area contributed by atoms with Crippen LogP contribution < -0.4 is 0 Å². The Hall–Kier alpha value is -0.120. The van der Waals surface area contributed by atoms with Gasteiger partial charge in [-0.3, -0.25) is 4.98 Å². The van der Waals surface area contributed by atoms with Gasteiger partial charge in [-0.2, -0.15) is 0 Å². The van der Waals surface area contributed by atoms with E-state index in [1.807, 2.05) is 12.1 Å². The standard InChI is InChI=1S/C11H13BrClNO/c12-11(8-3-5-15-6-4-8)10-2-1-9(13)7-14-10/h1-2,7-8,11H,3-6H2. The van der Waals surface area contributed by atoms with Crippen molar-refractivity contribution in [2.75, 3.05) is 13.2 Å². The van der Waals surface area contributed by atoms with Crippen LogP contribution in [0.5, 0.6) is 0 Å². The smallest absolute Gasteiger partial charge is 0.0597 e. The number of halogens is 2. The van der Waals surface area contributed by atoms with Gasteiger partial charge in [0.2, 0.25) is 0 Å². The molecule has 0 N–H and O–H groups in total. The topological polar surface area (TPSA) is 22.1 Å². The SMILES string of the molecule is Clc1ccc(C(Br)C2CCOCC2)nc1. The maximum atomic E-state index is 5.80. The number of rotatable bonds is 2. The zero-order valence-corrected chi connectivity index (χ0v) is 10.7. The van der Waals surface area contributed by atoms with E-state index >= 15 is 0 Å². The van der Waals surface area contributed by atoms with E-state index in [-0.39, 0.29) is 0 Å². The molecule has 0 spiro atoms. The summed E-state index contributed by atoms with van der Waals surface area (Å²) in [5.74, 6) is 0.618. The molecule has 2 rings (SSSR count). The highest BCUT2D eigenvalue weighted by atomic mass is 79.9. The fraction of sp³-hybridized carbons (Fsp3) is 0.545. The molecular weight excluding hydrogens is 277 g/mol. The lowest BCUT2D eigenvalue weighted by Gasteiger charge is -2.26. The Morgan fingerprint density at radius 1 is 1.40 bits per heavy atom. The average Bonchev–Trinajstić information content (AvgIpc) is 2.30. The number of hydrogen-bond donors (Lipinski definition) is 0. The molecule has 1 atom stereocenters. The monoisotopic (exact) mass is 289 g/mol. The molecule has 0 aromatic carbocycles. The summed E-state index contributed by atoms with van der Waals surface area (Å²) in [6.45, 7) is 1.72. The van der Waals surface area contributed by atoms with Crippen molar-refractivity contribution < 1.29 is 4.74 Å². The number of hydrogen-bond acceptors (Lipinski definition) is 2. The molecular formula is C11H13BrClNO. The summed E-state index contributed by atoms with van der Waals surface area (Å²) >= 11 is 9.52. The van der Waals surface area contributed by atoms with Crippen molar-refractivity contribution in [1.29, 1.82) is 0 Å². The van der Waals surface area contributed by atoms with E-state index in [4.69, 9.17) is 16.3 Å². The lowest BCUT2D eigenvalue weighted by molar-refractivity contribution is 0.0659. The lowest BCUT2D eigenvalue weighted by Crippen LogP contribution is -2.19. The van der Waals surface area contributed by atoms with Crippen molar-refractivity contribution in [2.24, 2.45) is 5.92 Å². The molecule has 0 saturated carbocycles. The molecule has 2 nitrogen and oxygen atoms in total. The number of pyridine rings is 1. The van der Waals surface area contributed by atoms with E-state index in [0.717, 1.165) is 31.7 Å². The van der Waals surface area contributed by atoms with Gasteiger partial charge in [0, 0.05) is 19.4 Å². The Morgan fingerprint density at radius 2 is 2.13 bits per heavy atom. The normalized spacial score (nSPS) is 20.1. The highest BCUT2D eigenvalue weighted by Gasteiger charge is 2.23. The molecule has 0 bridgehead atoms. The predicted molar refractivity (Wildman–Crippen MR) is 64.5 cm³/mol. The molecule has 1 unspecified atom stereocenters. The third kappa shape index (κ3) is 2.92. The molecule has 82 valence electrons. The highest BCUT2D eigenvalue weighted by Crippen LogP contribution is 2.35. The maximum Gasteiger partial charge on any atom is 0.0597 e. The third-order valence-electron chi connectivity index (χ3n) is 2.71. The summed E-state index contributed by atoms with van der Waals surface area (Å²) < 4.78 is 5.34. The molecule has 1 aromatic heterocycles. The molecule has 1 aliphatic heterocycles. The second-order valence-corrected chi connectivity index (χ2v) is 5.18. The van der Waals surface area contributed by atoms with Crippen LogP contribution in [0.1, 0.15) is 23.4 Å². The van der Waals surface area contributed by atoms with E-state index in [9.17, 15) is 0 Å². The summed E-state index contributed by atoms with van der Waals surface area (Å²) in [5, 5.41) is 0.686. The minimum Gasteiger partial charge on any atom is -0.381 e. The second-order valence-electron chi connectivity index (χ2n) is 3.75. The number of nitrogens with zero attached hydrogens (tertiary/aromatic N) is 1. The number of aromatic nitrogens is 1. The highest BCUT2D eigenvalue weighted by molar-refractivity contribution is 9.09. The van der Waals surface area contributed by atoms with Gasteiger partial charge >= 0.3 is 0 Å². The number of ether oxygens (including phenoxy) is 1. The molecule has 2 heterocycles. The van der Waals surface area contributed by atoms with Gasteiger partial charge in [0.15, 0.2) is 0 Å².